The summed E-state index contributed by atoms with van der Waals surface area (Å²) < 4.78 is 5.21. The van der Waals surface area contributed by atoms with E-state index in [4.69, 9.17) is 4.42 Å². The number of pyridine rings is 1. The molecule has 2 N–H and O–H groups in total. The van der Waals surface area contributed by atoms with Gasteiger partial charge in [0.25, 0.3) is 5.91 Å². The van der Waals surface area contributed by atoms with Crippen molar-refractivity contribution in [2.45, 2.75) is 25.8 Å². The molecule has 6 nitrogen and oxygen atoms in total. The number of nitrogens with one attached hydrogen (secondary N) is 2. The summed E-state index contributed by atoms with van der Waals surface area (Å²) in [6, 6.07) is 15.6. The summed E-state index contributed by atoms with van der Waals surface area (Å²) in [7, 11) is 0. The van der Waals surface area contributed by atoms with E-state index in [9.17, 15) is 4.79 Å². The van der Waals surface area contributed by atoms with E-state index in [-0.39, 0.29) is 5.91 Å². The van der Waals surface area contributed by atoms with Gasteiger partial charge in [-0.25, -0.2) is 4.98 Å². The van der Waals surface area contributed by atoms with Crippen LogP contribution >= 0.6 is 0 Å². The van der Waals surface area contributed by atoms with Crippen molar-refractivity contribution in [3.8, 4) is 0 Å². The maximum Gasteiger partial charge on any atom is 0.253 e. The van der Waals surface area contributed by atoms with E-state index in [0.29, 0.717) is 23.7 Å². The van der Waals surface area contributed by atoms with Gasteiger partial charge in [-0.2, -0.15) is 0 Å². The number of hydrogen-bond acceptors (Lipinski definition) is 5. The molecule has 0 atom stereocenters. The number of benzene rings is 1. The lowest BCUT2D eigenvalue weighted by Crippen LogP contribution is -2.29. The van der Waals surface area contributed by atoms with Crippen LogP contribution in [-0.4, -0.2) is 24.0 Å². The molecule has 3 aromatic rings. The summed E-state index contributed by atoms with van der Waals surface area (Å²) in [6.45, 7) is 2.63. The Bertz CT molecular complexity index is 883. The molecular formula is C22H24N4O2. The number of piperidine rings is 1. The number of furan rings is 1. The Morgan fingerprint density at radius 3 is 2.54 bits per heavy atom. The Morgan fingerprint density at radius 2 is 1.86 bits per heavy atom. The predicted octanol–water partition coefficient (Wildman–Crippen LogP) is 4.34. The average Bonchev–Trinajstić information content (AvgIpc) is 3.27. The molecule has 1 aliphatic heterocycles. The molecule has 0 spiro atoms. The van der Waals surface area contributed by atoms with Crippen LogP contribution in [0.3, 0.4) is 0 Å². The number of carbonyl (C=O) groups is 1. The molecule has 0 radical (unpaired) electrons. The Balaban J connectivity index is 1.33. The number of hydrogen-bond donors (Lipinski definition) is 2. The Morgan fingerprint density at radius 1 is 1.04 bits per heavy atom. The Hall–Kier alpha value is -3.28. The van der Waals surface area contributed by atoms with Gasteiger partial charge in [0.1, 0.15) is 11.6 Å². The van der Waals surface area contributed by atoms with Crippen LogP contribution in [0.5, 0.6) is 0 Å². The number of nitrogens with zero attached hydrogens (tertiary/aromatic N) is 2. The first-order chi connectivity index (χ1) is 13.8. The fraction of sp³-hybridized carbons (Fsp3) is 0.273. The maximum absolute atomic E-state index is 12.2. The predicted molar refractivity (Wildman–Crippen MR) is 110 cm³/mol. The summed E-state index contributed by atoms with van der Waals surface area (Å²) in [5.74, 6) is 1.24. The van der Waals surface area contributed by atoms with Crippen LogP contribution in [0.2, 0.25) is 0 Å². The monoisotopic (exact) mass is 376 g/mol. The molecule has 2 aromatic heterocycles. The highest BCUT2D eigenvalue weighted by Crippen LogP contribution is 2.23. The second-order valence-corrected chi connectivity index (χ2v) is 6.91. The van der Waals surface area contributed by atoms with E-state index in [2.05, 4.69) is 44.8 Å². The van der Waals surface area contributed by atoms with Gasteiger partial charge >= 0.3 is 0 Å². The molecule has 1 amide bonds. The third-order valence-electron chi connectivity index (χ3n) is 4.89. The summed E-state index contributed by atoms with van der Waals surface area (Å²) >= 11 is 0. The average molecular weight is 376 g/mol. The lowest BCUT2D eigenvalue weighted by Gasteiger charge is -2.28. The maximum atomic E-state index is 12.2. The molecule has 1 fully saturated rings. The zero-order valence-corrected chi connectivity index (χ0v) is 15.7. The van der Waals surface area contributed by atoms with Crippen LogP contribution in [0.15, 0.2) is 65.4 Å². The van der Waals surface area contributed by atoms with E-state index in [0.717, 1.165) is 18.8 Å². The third kappa shape index (κ3) is 4.52. The molecule has 0 saturated carbocycles. The minimum Gasteiger partial charge on any atom is -0.467 e. The van der Waals surface area contributed by atoms with Gasteiger partial charge in [0.05, 0.1) is 18.4 Å². The van der Waals surface area contributed by atoms with Crippen LogP contribution in [0, 0.1) is 0 Å². The largest absolute Gasteiger partial charge is 0.467 e. The van der Waals surface area contributed by atoms with Crippen molar-refractivity contribution in [1.82, 2.24) is 10.3 Å². The van der Waals surface area contributed by atoms with Gasteiger partial charge in [-0.3, -0.25) is 4.79 Å². The van der Waals surface area contributed by atoms with Crippen molar-refractivity contribution in [3.63, 3.8) is 0 Å². The smallest absolute Gasteiger partial charge is 0.253 e. The van der Waals surface area contributed by atoms with Crippen molar-refractivity contribution in [2.24, 2.45) is 0 Å². The van der Waals surface area contributed by atoms with Crippen LogP contribution in [-0.2, 0) is 6.54 Å². The Kier molecular flexibility index (Phi) is 5.56. The molecule has 144 valence electrons. The Labute approximate surface area is 164 Å². The van der Waals surface area contributed by atoms with Gasteiger partial charge in [-0.1, -0.05) is 0 Å². The van der Waals surface area contributed by atoms with E-state index < -0.39 is 0 Å². The number of aromatic nitrogens is 1. The van der Waals surface area contributed by atoms with Crippen molar-refractivity contribution in [2.75, 3.05) is 23.3 Å². The van der Waals surface area contributed by atoms with Crippen LogP contribution in [0.4, 0.5) is 17.2 Å². The fourth-order valence-corrected chi connectivity index (χ4v) is 3.34. The highest BCUT2D eigenvalue weighted by atomic mass is 16.3. The van der Waals surface area contributed by atoms with Crippen molar-refractivity contribution < 1.29 is 9.21 Å². The first-order valence-corrected chi connectivity index (χ1v) is 9.66. The van der Waals surface area contributed by atoms with Gasteiger partial charge in [0, 0.05) is 30.7 Å². The van der Waals surface area contributed by atoms with Gasteiger partial charge in [-0.15, -0.1) is 0 Å². The molecule has 0 aliphatic carbocycles. The summed E-state index contributed by atoms with van der Waals surface area (Å²) in [5.41, 5.74) is 2.75. The molecule has 1 saturated heterocycles. The first kappa shape index (κ1) is 18.1. The summed E-state index contributed by atoms with van der Waals surface area (Å²) in [4.78, 5) is 19.0. The van der Waals surface area contributed by atoms with Crippen LogP contribution in [0.25, 0.3) is 0 Å². The van der Waals surface area contributed by atoms with Gasteiger partial charge in [-0.05, 0) is 67.8 Å². The zero-order chi connectivity index (χ0) is 19.2. The lowest BCUT2D eigenvalue weighted by atomic mass is 10.1. The topological polar surface area (TPSA) is 70.4 Å². The highest BCUT2D eigenvalue weighted by molar-refractivity contribution is 5.94. The normalized spacial score (nSPS) is 13.9. The van der Waals surface area contributed by atoms with E-state index in [1.807, 2.05) is 6.07 Å². The number of anilines is 3. The third-order valence-corrected chi connectivity index (χ3v) is 4.89. The second kappa shape index (κ2) is 8.61. The van der Waals surface area contributed by atoms with Crippen LogP contribution in [0.1, 0.15) is 35.4 Å². The molecule has 6 heteroatoms. The zero-order valence-electron chi connectivity index (χ0n) is 15.7. The van der Waals surface area contributed by atoms with Crippen molar-refractivity contribution >= 4 is 23.1 Å². The molecule has 1 aliphatic rings. The summed E-state index contributed by atoms with van der Waals surface area (Å²) in [5, 5.41) is 6.09. The fourth-order valence-electron chi connectivity index (χ4n) is 3.34. The van der Waals surface area contributed by atoms with E-state index in [1.54, 1.807) is 30.7 Å². The molecule has 1 aromatic carbocycles. The lowest BCUT2D eigenvalue weighted by molar-refractivity contribution is 0.0947. The van der Waals surface area contributed by atoms with Crippen LogP contribution < -0.4 is 15.5 Å². The second-order valence-electron chi connectivity index (χ2n) is 6.91. The number of amides is 1. The van der Waals surface area contributed by atoms with Gasteiger partial charge in [0.15, 0.2) is 0 Å². The molecule has 4 rings (SSSR count). The highest BCUT2D eigenvalue weighted by Gasteiger charge is 2.11. The molecule has 3 heterocycles. The van der Waals surface area contributed by atoms with Crippen molar-refractivity contribution in [1.29, 1.82) is 0 Å². The quantitative estimate of drug-likeness (QED) is 0.670. The molecule has 0 bridgehead atoms. The summed E-state index contributed by atoms with van der Waals surface area (Å²) in [6.07, 6.45) is 7.03. The SMILES string of the molecule is O=C(NCc1ccco1)c1ccc(Nc2ccc(N3CCCCC3)cc2)nc1. The molecular weight excluding hydrogens is 352 g/mol. The minimum absolute atomic E-state index is 0.179. The molecule has 0 unspecified atom stereocenters. The standard InChI is InChI=1S/C22H24N4O2/c27-22(24-16-20-5-4-14-28-20)17-6-11-21(23-15-17)25-18-7-9-19(10-8-18)26-12-2-1-3-13-26/h4-11,14-15H,1-3,12-13,16H2,(H,23,25)(H,24,27). The molecule has 28 heavy (non-hydrogen) atoms. The van der Waals surface area contributed by atoms with Gasteiger partial charge in [0.2, 0.25) is 0 Å². The first-order valence-electron chi connectivity index (χ1n) is 9.66. The number of rotatable bonds is 6. The number of carbonyl (C=O) groups excluding carboxylic acids is 1. The van der Waals surface area contributed by atoms with Gasteiger partial charge < -0.3 is 20.0 Å². The van der Waals surface area contributed by atoms with E-state index >= 15 is 0 Å². The van der Waals surface area contributed by atoms with Crippen molar-refractivity contribution in [3.05, 3.63) is 72.3 Å². The minimum atomic E-state index is -0.179. The van der Waals surface area contributed by atoms with E-state index in [1.165, 1.54) is 24.9 Å².